The maximum absolute atomic E-state index is 12.9. The van der Waals surface area contributed by atoms with Gasteiger partial charge in [0.15, 0.2) is 0 Å². The number of carbonyl (C=O) groups is 3. The fourth-order valence-corrected chi connectivity index (χ4v) is 4.09. The number of hydrogen-bond donors (Lipinski definition) is 3. The lowest BCUT2D eigenvalue weighted by Crippen LogP contribution is -2.59. The predicted octanol–water partition coefficient (Wildman–Crippen LogP) is 0.445. The molecule has 33 heavy (non-hydrogen) atoms. The molecular formula is C23H30O10. The molecule has 2 saturated heterocycles. The molecule has 2 fully saturated rings. The summed E-state index contributed by atoms with van der Waals surface area (Å²) in [6, 6.07) is 0. The van der Waals surface area contributed by atoms with Gasteiger partial charge >= 0.3 is 17.9 Å². The zero-order chi connectivity index (χ0) is 24.3. The van der Waals surface area contributed by atoms with Crippen LogP contribution in [0.1, 0.15) is 39.5 Å². The molecule has 7 unspecified atom stereocenters. The van der Waals surface area contributed by atoms with Crippen LogP contribution in [0.5, 0.6) is 0 Å². The topological polar surface area (TPSA) is 149 Å². The maximum Gasteiger partial charge on any atom is 0.336 e. The molecule has 10 nitrogen and oxygen atoms in total. The number of fused-ring (bicyclic) bond motifs is 1. The molecular weight excluding hydrogens is 436 g/mol. The first kappa shape index (κ1) is 25.1. The Morgan fingerprint density at radius 1 is 1.18 bits per heavy atom. The first-order valence-corrected chi connectivity index (χ1v) is 10.9. The lowest BCUT2D eigenvalue weighted by molar-refractivity contribution is -0.292. The van der Waals surface area contributed by atoms with Gasteiger partial charge in [-0.1, -0.05) is 18.2 Å². The van der Waals surface area contributed by atoms with E-state index in [0.717, 1.165) is 5.57 Å². The average molecular weight is 466 g/mol. The molecule has 7 atom stereocenters. The molecule has 3 aliphatic rings. The van der Waals surface area contributed by atoms with Crippen molar-refractivity contribution in [2.24, 2.45) is 5.92 Å². The van der Waals surface area contributed by atoms with E-state index in [-0.39, 0.29) is 18.9 Å². The molecule has 3 N–H and O–H groups in total. The molecule has 0 saturated carbocycles. The molecule has 0 aromatic rings. The Balaban J connectivity index is 1.71. The average Bonchev–Trinajstić information content (AvgIpc) is 3.02. The largest absolute Gasteiger partial charge is 0.463 e. The number of aliphatic hydroxyl groups is 3. The minimum Gasteiger partial charge on any atom is -0.463 e. The summed E-state index contributed by atoms with van der Waals surface area (Å²) in [6.07, 6.45) is -2.58. The fourth-order valence-electron chi connectivity index (χ4n) is 4.09. The third kappa shape index (κ3) is 5.89. The van der Waals surface area contributed by atoms with Gasteiger partial charge in [0.2, 0.25) is 6.29 Å². The molecule has 182 valence electrons. The van der Waals surface area contributed by atoms with Gasteiger partial charge in [0.1, 0.15) is 37.1 Å². The minimum absolute atomic E-state index is 0.271. The lowest BCUT2D eigenvalue weighted by atomic mass is 9.88. The number of carbonyl (C=O) groups excluding carboxylic acids is 3. The third-order valence-corrected chi connectivity index (χ3v) is 6.06. The van der Waals surface area contributed by atoms with Gasteiger partial charge in [0.05, 0.1) is 0 Å². The van der Waals surface area contributed by atoms with Crippen LogP contribution in [-0.4, -0.2) is 76.6 Å². The summed E-state index contributed by atoms with van der Waals surface area (Å²) in [7, 11) is 0. The van der Waals surface area contributed by atoms with Crippen LogP contribution >= 0.6 is 0 Å². The molecule has 2 heterocycles. The van der Waals surface area contributed by atoms with Gasteiger partial charge in [0, 0.05) is 24.0 Å². The van der Waals surface area contributed by atoms with Crippen molar-refractivity contribution in [3.8, 4) is 0 Å². The number of rotatable bonds is 4. The van der Waals surface area contributed by atoms with Gasteiger partial charge in [0.25, 0.3) is 0 Å². The van der Waals surface area contributed by atoms with Gasteiger partial charge in [-0.05, 0) is 38.7 Å². The minimum atomic E-state index is -1.70. The van der Waals surface area contributed by atoms with Crippen LogP contribution in [-0.2, 0) is 33.3 Å². The number of esters is 3. The second-order valence-corrected chi connectivity index (χ2v) is 8.54. The van der Waals surface area contributed by atoms with E-state index in [0.29, 0.717) is 30.4 Å². The van der Waals surface area contributed by atoms with E-state index in [1.54, 1.807) is 6.08 Å². The highest BCUT2D eigenvalue weighted by Crippen LogP contribution is 2.34. The van der Waals surface area contributed by atoms with Crippen molar-refractivity contribution in [2.45, 2.75) is 76.3 Å². The maximum atomic E-state index is 12.9. The van der Waals surface area contributed by atoms with Crippen LogP contribution in [0.2, 0.25) is 0 Å². The van der Waals surface area contributed by atoms with Crippen molar-refractivity contribution in [3.05, 3.63) is 35.5 Å². The Bertz CT molecular complexity index is 859. The van der Waals surface area contributed by atoms with Crippen LogP contribution < -0.4 is 0 Å². The van der Waals surface area contributed by atoms with E-state index in [1.165, 1.54) is 6.92 Å². The number of hydrogen-bond acceptors (Lipinski definition) is 10. The first-order valence-electron chi connectivity index (χ1n) is 10.9. The van der Waals surface area contributed by atoms with Gasteiger partial charge in [-0.25, -0.2) is 9.59 Å². The summed E-state index contributed by atoms with van der Waals surface area (Å²) in [4.78, 5) is 35.9. The zero-order valence-electron chi connectivity index (χ0n) is 18.6. The number of ether oxygens (including phenoxy) is 4. The fraction of sp³-hybridized carbons (Fsp3) is 0.609. The first-order chi connectivity index (χ1) is 15.6. The van der Waals surface area contributed by atoms with Crippen molar-refractivity contribution < 1.29 is 48.7 Å². The third-order valence-electron chi connectivity index (χ3n) is 6.06. The molecule has 0 amide bonds. The number of aliphatic hydroxyl groups excluding tert-OH is 3. The SMILES string of the molecule is C=C1C(=O)OC2C=C(C)CCC=C(C(=O)OC3OC(COC(C)=O)C(O)C(O)C3O)CCC12. The zero-order valence-corrected chi connectivity index (χ0v) is 18.6. The van der Waals surface area contributed by atoms with E-state index in [1.807, 2.05) is 13.0 Å². The summed E-state index contributed by atoms with van der Waals surface area (Å²) in [6.45, 7) is 6.52. The van der Waals surface area contributed by atoms with E-state index in [2.05, 4.69) is 6.58 Å². The summed E-state index contributed by atoms with van der Waals surface area (Å²) >= 11 is 0. The van der Waals surface area contributed by atoms with Crippen molar-refractivity contribution >= 4 is 17.9 Å². The normalized spacial score (nSPS) is 35.0. The number of allylic oxidation sites excluding steroid dienone is 2. The smallest absolute Gasteiger partial charge is 0.336 e. The summed E-state index contributed by atoms with van der Waals surface area (Å²) in [5.41, 5.74) is 1.69. The van der Waals surface area contributed by atoms with Crippen molar-refractivity contribution in [3.63, 3.8) is 0 Å². The molecule has 0 aromatic heterocycles. The molecule has 2 aliphatic heterocycles. The standard InChI is InChI=1S/C23H30O10/c1-11-5-4-6-14(7-8-15-12(2)21(28)31-16(15)9-11)22(29)33-23-20(27)19(26)18(25)17(32-23)10-30-13(3)24/h6,9,15-20,23,25-27H,2,4-5,7-8,10H2,1,3H3. The van der Waals surface area contributed by atoms with Crippen molar-refractivity contribution in [1.29, 1.82) is 0 Å². The summed E-state index contributed by atoms with van der Waals surface area (Å²) in [5, 5.41) is 30.4. The van der Waals surface area contributed by atoms with Crippen LogP contribution in [0, 0.1) is 5.92 Å². The Morgan fingerprint density at radius 3 is 2.61 bits per heavy atom. The summed E-state index contributed by atoms with van der Waals surface area (Å²) in [5.74, 6) is -2.11. The molecule has 0 radical (unpaired) electrons. The Kier molecular flexibility index (Phi) is 8.06. The van der Waals surface area contributed by atoms with E-state index < -0.39 is 54.7 Å². The summed E-state index contributed by atoms with van der Waals surface area (Å²) < 4.78 is 20.9. The second-order valence-electron chi connectivity index (χ2n) is 8.54. The Labute approximate surface area is 191 Å². The molecule has 3 rings (SSSR count). The molecule has 0 bridgehead atoms. The van der Waals surface area contributed by atoms with E-state index in [4.69, 9.17) is 18.9 Å². The van der Waals surface area contributed by atoms with Gasteiger partial charge in [-0.15, -0.1) is 0 Å². The quantitative estimate of drug-likeness (QED) is 0.231. The van der Waals surface area contributed by atoms with Crippen molar-refractivity contribution in [1.82, 2.24) is 0 Å². The lowest BCUT2D eigenvalue weighted by Gasteiger charge is -2.39. The Morgan fingerprint density at radius 2 is 1.91 bits per heavy atom. The molecule has 1 aliphatic carbocycles. The second kappa shape index (κ2) is 10.6. The van der Waals surface area contributed by atoms with Gasteiger partial charge < -0.3 is 34.3 Å². The van der Waals surface area contributed by atoms with Crippen LogP contribution in [0.25, 0.3) is 0 Å². The monoisotopic (exact) mass is 466 g/mol. The highest BCUT2D eigenvalue weighted by atomic mass is 16.7. The van der Waals surface area contributed by atoms with Gasteiger partial charge in [-0.2, -0.15) is 0 Å². The molecule has 10 heteroatoms. The molecule has 0 aromatic carbocycles. The van der Waals surface area contributed by atoms with Crippen LogP contribution in [0.15, 0.2) is 35.5 Å². The highest BCUT2D eigenvalue weighted by Gasteiger charge is 2.46. The van der Waals surface area contributed by atoms with Gasteiger partial charge in [-0.3, -0.25) is 4.79 Å². The van der Waals surface area contributed by atoms with Crippen molar-refractivity contribution in [2.75, 3.05) is 6.61 Å². The predicted molar refractivity (Wildman–Crippen MR) is 112 cm³/mol. The Hall–Kier alpha value is -2.53. The van der Waals surface area contributed by atoms with E-state index in [9.17, 15) is 29.7 Å². The molecule has 0 spiro atoms. The van der Waals surface area contributed by atoms with Crippen LogP contribution in [0.3, 0.4) is 0 Å². The highest BCUT2D eigenvalue weighted by molar-refractivity contribution is 5.91. The van der Waals surface area contributed by atoms with Crippen LogP contribution in [0.4, 0.5) is 0 Å². The van der Waals surface area contributed by atoms with E-state index >= 15 is 0 Å².